The number of hydrogen-bond donors (Lipinski definition) is 4. The average Bonchev–Trinajstić information content (AvgIpc) is 2.01. The molecule has 4 N–H and O–H groups in total. The van der Waals surface area contributed by atoms with Gasteiger partial charge in [-0.1, -0.05) is 6.92 Å². The minimum atomic E-state index is -4.50. The van der Waals surface area contributed by atoms with Crippen LogP contribution >= 0.6 is 7.60 Å². The molecule has 0 aliphatic carbocycles. The van der Waals surface area contributed by atoms with E-state index in [0.717, 1.165) is 6.92 Å². The van der Waals surface area contributed by atoms with Crippen molar-refractivity contribution in [1.29, 1.82) is 0 Å². The molecule has 88 valence electrons. The van der Waals surface area contributed by atoms with E-state index in [0.29, 0.717) is 0 Å². The van der Waals surface area contributed by atoms with Crippen LogP contribution in [0.1, 0.15) is 19.8 Å². The van der Waals surface area contributed by atoms with Crippen molar-refractivity contribution < 1.29 is 34.2 Å². The van der Waals surface area contributed by atoms with Gasteiger partial charge in [-0.25, -0.2) is 0 Å². The predicted octanol–water partition coefficient (Wildman–Crippen LogP) is 0.118. The van der Waals surface area contributed by atoms with Crippen LogP contribution in [0, 0.1) is 5.92 Å². The van der Waals surface area contributed by atoms with E-state index < -0.39 is 37.5 Å². The molecule has 0 bridgehead atoms. The molecule has 0 aromatic carbocycles. The summed E-state index contributed by atoms with van der Waals surface area (Å²) in [6.45, 7) is 1.10. The van der Waals surface area contributed by atoms with E-state index in [1.54, 1.807) is 0 Å². The van der Waals surface area contributed by atoms with Crippen molar-refractivity contribution in [3.8, 4) is 0 Å². The Kier molecular flexibility index (Phi) is 4.93. The van der Waals surface area contributed by atoms with Crippen LogP contribution in [0.5, 0.6) is 0 Å². The third-order valence-corrected chi connectivity index (χ3v) is 3.52. The van der Waals surface area contributed by atoms with Gasteiger partial charge in [-0.05, 0) is 6.42 Å². The van der Waals surface area contributed by atoms with Crippen molar-refractivity contribution in [1.82, 2.24) is 0 Å². The van der Waals surface area contributed by atoms with Crippen molar-refractivity contribution in [3.63, 3.8) is 0 Å². The van der Waals surface area contributed by atoms with E-state index in [9.17, 15) is 14.2 Å². The van der Waals surface area contributed by atoms with Crippen molar-refractivity contribution in [2.75, 3.05) is 0 Å². The monoisotopic (exact) mass is 240 g/mol. The zero-order valence-electron chi connectivity index (χ0n) is 8.03. The minimum Gasteiger partial charge on any atom is -0.481 e. The lowest BCUT2D eigenvalue weighted by Gasteiger charge is -2.20. The molecule has 0 aromatic heterocycles. The Balaban J connectivity index is 4.60. The van der Waals surface area contributed by atoms with Gasteiger partial charge in [0.2, 0.25) is 0 Å². The van der Waals surface area contributed by atoms with Gasteiger partial charge < -0.3 is 20.0 Å². The summed E-state index contributed by atoms with van der Waals surface area (Å²) in [6.07, 6.45) is -0.724. The molecule has 0 aliphatic rings. The molecule has 0 radical (unpaired) electrons. The van der Waals surface area contributed by atoms with Gasteiger partial charge in [-0.2, -0.15) is 0 Å². The predicted molar refractivity (Wildman–Crippen MR) is 49.5 cm³/mol. The third-order valence-electron chi connectivity index (χ3n) is 2.10. The summed E-state index contributed by atoms with van der Waals surface area (Å²) in [5.74, 6) is -3.94. The summed E-state index contributed by atoms with van der Waals surface area (Å²) in [5.41, 5.74) is -1.38. The Morgan fingerprint density at radius 1 is 1.27 bits per heavy atom. The minimum absolute atomic E-state index is 0.295. The molecule has 2 atom stereocenters. The van der Waals surface area contributed by atoms with Crippen LogP contribution in [0.4, 0.5) is 0 Å². The zero-order valence-corrected chi connectivity index (χ0v) is 8.92. The van der Waals surface area contributed by atoms with Crippen LogP contribution < -0.4 is 0 Å². The SMILES string of the molecule is CC(C(CCC(=O)O)C(=O)O)P(=O)(O)O. The van der Waals surface area contributed by atoms with E-state index in [1.807, 2.05) is 0 Å². The fourth-order valence-electron chi connectivity index (χ4n) is 1.08. The molecule has 0 rings (SSSR count). The molecule has 8 heteroatoms. The molecule has 0 fully saturated rings. The van der Waals surface area contributed by atoms with Crippen molar-refractivity contribution in [2.24, 2.45) is 5.92 Å². The first-order valence-electron chi connectivity index (χ1n) is 4.16. The van der Waals surface area contributed by atoms with Crippen molar-refractivity contribution in [2.45, 2.75) is 25.4 Å². The van der Waals surface area contributed by atoms with Gasteiger partial charge in [0.25, 0.3) is 0 Å². The average molecular weight is 240 g/mol. The topological polar surface area (TPSA) is 132 Å². The molecule has 0 saturated heterocycles. The van der Waals surface area contributed by atoms with Crippen LogP contribution in [-0.2, 0) is 14.2 Å². The van der Waals surface area contributed by atoms with Gasteiger partial charge in [0.05, 0.1) is 11.6 Å². The molecule has 0 aliphatic heterocycles. The maximum absolute atomic E-state index is 10.8. The first-order valence-corrected chi connectivity index (χ1v) is 5.84. The Hall–Kier alpha value is -0.910. The molecule has 0 aromatic rings. The number of carbonyl (C=O) groups is 2. The van der Waals surface area contributed by atoms with Gasteiger partial charge in [-0.15, -0.1) is 0 Å². The van der Waals surface area contributed by atoms with Crippen molar-refractivity contribution in [3.05, 3.63) is 0 Å². The number of rotatable bonds is 6. The standard InChI is InChI=1S/C7H13O7P/c1-4(15(12,13)14)5(7(10)11)2-3-6(8)9/h4-5H,2-3H2,1H3,(H,8,9)(H,10,11)(H2,12,13,14). The van der Waals surface area contributed by atoms with Crippen LogP contribution in [0.2, 0.25) is 0 Å². The Labute approximate surface area is 85.9 Å². The van der Waals surface area contributed by atoms with Crippen molar-refractivity contribution >= 4 is 19.5 Å². The van der Waals surface area contributed by atoms with Crippen LogP contribution in [0.25, 0.3) is 0 Å². The summed E-state index contributed by atoms with van der Waals surface area (Å²) in [5, 5.41) is 17.0. The van der Waals surface area contributed by atoms with E-state index in [2.05, 4.69) is 0 Å². The molecule has 0 saturated carbocycles. The van der Waals surface area contributed by atoms with Gasteiger partial charge in [0.1, 0.15) is 0 Å². The lowest BCUT2D eigenvalue weighted by atomic mass is 10.0. The fourth-order valence-corrected chi connectivity index (χ4v) is 1.83. The van der Waals surface area contributed by atoms with E-state index >= 15 is 0 Å². The van der Waals surface area contributed by atoms with Crippen LogP contribution in [0.15, 0.2) is 0 Å². The second kappa shape index (κ2) is 5.25. The summed E-state index contributed by atoms with van der Waals surface area (Å²) in [7, 11) is -4.50. The summed E-state index contributed by atoms with van der Waals surface area (Å²) >= 11 is 0. The third kappa shape index (κ3) is 4.92. The zero-order chi connectivity index (χ0) is 12.2. The van der Waals surface area contributed by atoms with Crippen LogP contribution in [0.3, 0.4) is 0 Å². The fraction of sp³-hybridized carbons (Fsp3) is 0.714. The second-order valence-electron chi connectivity index (χ2n) is 3.21. The number of aliphatic carboxylic acids is 2. The number of hydrogen-bond acceptors (Lipinski definition) is 3. The summed E-state index contributed by atoms with van der Waals surface area (Å²) in [6, 6.07) is 0. The largest absolute Gasteiger partial charge is 0.481 e. The maximum Gasteiger partial charge on any atom is 0.329 e. The molecular weight excluding hydrogens is 227 g/mol. The Morgan fingerprint density at radius 2 is 1.73 bits per heavy atom. The Bertz CT molecular complexity index is 294. The summed E-state index contributed by atoms with van der Waals surface area (Å²) < 4.78 is 10.8. The smallest absolute Gasteiger partial charge is 0.329 e. The van der Waals surface area contributed by atoms with E-state index in [4.69, 9.17) is 20.0 Å². The first kappa shape index (κ1) is 14.1. The normalized spacial score (nSPS) is 15.7. The lowest BCUT2D eigenvalue weighted by molar-refractivity contribution is -0.143. The number of carboxylic acids is 2. The quantitative estimate of drug-likeness (QED) is 0.484. The molecule has 2 unspecified atom stereocenters. The van der Waals surface area contributed by atoms with Crippen LogP contribution in [-0.4, -0.2) is 37.6 Å². The number of carboxylic acid groups (broad SMARTS) is 2. The molecule has 7 nitrogen and oxygen atoms in total. The highest BCUT2D eigenvalue weighted by atomic mass is 31.2. The second-order valence-corrected chi connectivity index (χ2v) is 5.20. The van der Waals surface area contributed by atoms with Gasteiger partial charge in [0, 0.05) is 6.42 Å². The molecule has 0 heterocycles. The maximum atomic E-state index is 10.8. The first-order chi connectivity index (χ1) is 6.66. The summed E-state index contributed by atoms with van der Waals surface area (Å²) in [4.78, 5) is 38.4. The highest BCUT2D eigenvalue weighted by molar-refractivity contribution is 7.52. The Morgan fingerprint density at radius 3 is 2.00 bits per heavy atom. The van der Waals surface area contributed by atoms with Gasteiger partial charge >= 0.3 is 19.5 Å². The molecular formula is C7H13O7P. The molecule has 0 amide bonds. The van der Waals surface area contributed by atoms with Gasteiger partial charge in [0.15, 0.2) is 0 Å². The van der Waals surface area contributed by atoms with E-state index in [1.165, 1.54) is 0 Å². The highest BCUT2D eigenvalue weighted by Crippen LogP contribution is 2.45. The lowest BCUT2D eigenvalue weighted by Crippen LogP contribution is -2.26. The van der Waals surface area contributed by atoms with E-state index in [-0.39, 0.29) is 6.42 Å². The molecule has 0 spiro atoms. The molecule has 15 heavy (non-hydrogen) atoms. The highest BCUT2D eigenvalue weighted by Gasteiger charge is 2.36. The van der Waals surface area contributed by atoms with Gasteiger partial charge in [-0.3, -0.25) is 14.2 Å².